The third kappa shape index (κ3) is 3.41. The molecule has 7 heteroatoms. The summed E-state index contributed by atoms with van der Waals surface area (Å²) >= 11 is 1.60. The summed E-state index contributed by atoms with van der Waals surface area (Å²) < 4.78 is 0. The summed E-state index contributed by atoms with van der Waals surface area (Å²) in [6.45, 7) is 4.07. The zero-order chi connectivity index (χ0) is 14.7. The molecule has 112 valence electrons. The summed E-state index contributed by atoms with van der Waals surface area (Å²) in [6.07, 6.45) is 2.07. The first kappa shape index (κ1) is 14.1. The standard InChI is InChI=1S/C14H19N5OS/c1-2-15-14-18-11(10-5-8-21-13(10)19-14)16-6-7-17-12(20)9-3-4-9/h5,8-9H,2-4,6-7H2,1H3,(H,17,20)(H2,15,16,18,19). The van der Waals surface area contributed by atoms with Gasteiger partial charge in [-0.15, -0.1) is 11.3 Å². The van der Waals surface area contributed by atoms with Gasteiger partial charge in [0.15, 0.2) is 0 Å². The molecule has 2 heterocycles. The summed E-state index contributed by atoms with van der Waals surface area (Å²) in [4.78, 5) is 21.5. The maximum Gasteiger partial charge on any atom is 0.226 e. The predicted octanol–water partition coefficient (Wildman–Crippen LogP) is 2.06. The number of carbonyl (C=O) groups excluding carboxylic acids is 1. The van der Waals surface area contributed by atoms with Gasteiger partial charge in [-0.3, -0.25) is 4.79 Å². The van der Waals surface area contributed by atoms with Crippen LogP contribution in [0.3, 0.4) is 0 Å². The van der Waals surface area contributed by atoms with E-state index in [1.807, 2.05) is 18.4 Å². The minimum absolute atomic E-state index is 0.175. The Kier molecular flexibility index (Phi) is 4.19. The van der Waals surface area contributed by atoms with Crippen molar-refractivity contribution in [2.75, 3.05) is 30.3 Å². The van der Waals surface area contributed by atoms with Crippen LogP contribution in [-0.4, -0.2) is 35.5 Å². The van der Waals surface area contributed by atoms with Crippen molar-refractivity contribution in [3.05, 3.63) is 11.4 Å². The Bertz CT molecular complexity index is 637. The SMILES string of the molecule is CCNc1nc(NCCNC(=O)C2CC2)c2ccsc2n1. The molecule has 1 fully saturated rings. The predicted molar refractivity (Wildman–Crippen MR) is 85.8 cm³/mol. The third-order valence-corrected chi connectivity index (χ3v) is 4.13. The molecule has 0 unspecified atom stereocenters. The number of thiophene rings is 1. The van der Waals surface area contributed by atoms with Crippen molar-refractivity contribution in [2.45, 2.75) is 19.8 Å². The number of aromatic nitrogens is 2. The Morgan fingerprint density at radius 1 is 1.33 bits per heavy atom. The van der Waals surface area contributed by atoms with Gasteiger partial charge in [-0.05, 0) is 31.2 Å². The maximum atomic E-state index is 11.6. The summed E-state index contributed by atoms with van der Waals surface area (Å²) in [5, 5.41) is 12.4. The van der Waals surface area contributed by atoms with Crippen molar-refractivity contribution >= 4 is 39.2 Å². The zero-order valence-electron chi connectivity index (χ0n) is 12.0. The van der Waals surface area contributed by atoms with Crippen LogP contribution in [0, 0.1) is 5.92 Å². The highest BCUT2D eigenvalue weighted by molar-refractivity contribution is 7.16. The molecular formula is C14H19N5OS. The van der Waals surface area contributed by atoms with E-state index in [4.69, 9.17) is 0 Å². The summed E-state index contributed by atoms with van der Waals surface area (Å²) in [7, 11) is 0. The van der Waals surface area contributed by atoms with Gasteiger partial charge in [0.1, 0.15) is 10.6 Å². The fourth-order valence-electron chi connectivity index (χ4n) is 2.08. The number of hydrogen-bond donors (Lipinski definition) is 3. The van der Waals surface area contributed by atoms with E-state index in [1.54, 1.807) is 11.3 Å². The van der Waals surface area contributed by atoms with Crippen LogP contribution in [0.2, 0.25) is 0 Å². The number of anilines is 2. The Balaban J connectivity index is 1.61. The highest BCUT2D eigenvalue weighted by atomic mass is 32.1. The van der Waals surface area contributed by atoms with Gasteiger partial charge in [-0.2, -0.15) is 4.98 Å². The van der Waals surface area contributed by atoms with Gasteiger partial charge in [0, 0.05) is 25.6 Å². The van der Waals surface area contributed by atoms with Crippen molar-refractivity contribution in [3.63, 3.8) is 0 Å². The fourth-order valence-corrected chi connectivity index (χ4v) is 2.85. The number of nitrogens with one attached hydrogen (secondary N) is 3. The molecule has 21 heavy (non-hydrogen) atoms. The van der Waals surface area contributed by atoms with E-state index in [0.717, 1.165) is 35.4 Å². The number of fused-ring (bicyclic) bond motifs is 1. The van der Waals surface area contributed by atoms with Crippen molar-refractivity contribution in [2.24, 2.45) is 5.92 Å². The summed E-state index contributed by atoms with van der Waals surface area (Å²) in [5.41, 5.74) is 0. The van der Waals surface area contributed by atoms with Crippen LogP contribution in [0.15, 0.2) is 11.4 Å². The Labute approximate surface area is 127 Å². The van der Waals surface area contributed by atoms with Crippen LogP contribution < -0.4 is 16.0 Å². The van der Waals surface area contributed by atoms with Crippen LogP contribution >= 0.6 is 11.3 Å². The van der Waals surface area contributed by atoms with E-state index in [2.05, 4.69) is 25.9 Å². The van der Waals surface area contributed by atoms with Gasteiger partial charge in [0.2, 0.25) is 11.9 Å². The van der Waals surface area contributed by atoms with E-state index >= 15 is 0 Å². The van der Waals surface area contributed by atoms with Crippen LogP contribution in [0.4, 0.5) is 11.8 Å². The molecule has 1 aliphatic rings. The smallest absolute Gasteiger partial charge is 0.226 e. The lowest BCUT2D eigenvalue weighted by atomic mass is 10.3. The van der Waals surface area contributed by atoms with Crippen LogP contribution in [0.25, 0.3) is 10.2 Å². The first-order chi connectivity index (χ1) is 10.3. The average Bonchev–Trinajstić information content (AvgIpc) is 3.22. The molecule has 0 bridgehead atoms. The molecule has 0 aromatic carbocycles. The van der Waals surface area contributed by atoms with Crippen molar-refractivity contribution in [1.82, 2.24) is 15.3 Å². The Morgan fingerprint density at radius 2 is 2.19 bits per heavy atom. The molecule has 0 spiro atoms. The van der Waals surface area contributed by atoms with E-state index in [-0.39, 0.29) is 11.8 Å². The topological polar surface area (TPSA) is 78.9 Å². The molecular weight excluding hydrogens is 286 g/mol. The van der Waals surface area contributed by atoms with Crippen LogP contribution in [0.5, 0.6) is 0 Å². The fraction of sp³-hybridized carbons (Fsp3) is 0.500. The van der Waals surface area contributed by atoms with E-state index < -0.39 is 0 Å². The second-order valence-electron chi connectivity index (χ2n) is 5.06. The number of hydrogen-bond acceptors (Lipinski definition) is 6. The minimum Gasteiger partial charge on any atom is -0.368 e. The third-order valence-electron chi connectivity index (χ3n) is 3.32. The summed E-state index contributed by atoms with van der Waals surface area (Å²) in [5.74, 6) is 1.89. The number of rotatable bonds is 7. The van der Waals surface area contributed by atoms with Crippen molar-refractivity contribution < 1.29 is 4.79 Å². The van der Waals surface area contributed by atoms with Crippen LogP contribution in [-0.2, 0) is 4.79 Å². The first-order valence-electron chi connectivity index (χ1n) is 7.28. The largest absolute Gasteiger partial charge is 0.368 e. The van der Waals surface area contributed by atoms with Gasteiger partial charge in [-0.1, -0.05) is 0 Å². The highest BCUT2D eigenvalue weighted by Gasteiger charge is 2.28. The van der Waals surface area contributed by atoms with Gasteiger partial charge >= 0.3 is 0 Å². The molecule has 1 saturated carbocycles. The molecule has 2 aromatic heterocycles. The Morgan fingerprint density at radius 3 is 2.95 bits per heavy atom. The number of carbonyl (C=O) groups is 1. The molecule has 3 N–H and O–H groups in total. The first-order valence-corrected chi connectivity index (χ1v) is 8.16. The van der Waals surface area contributed by atoms with Crippen molar-refractivity contribution in [1.29, 1.82) is 0 Å². The lowest BCUT2D eigenvalue weighted by Crippen LogP contribution is -2.30. The average molecular weight is 305 g/mol. The zero-order valence-corrected chi connectivity index (χ0v) is 12.8. The van der Waals surface area contributed by atoms with Crippen LogP contribution in [0.1, 0.15) is 19.8 Å². The molecule has 0 saturated heterocycles. The molecule has 0 aliphatic heterocycles. The van der Waals surface area contributed by atoms with Gasteiger partial charge in [0.05, 0.1) is 5.39 Å². The highest BCUT2D eigenvalue weighted by Crippen LogP contribution is 2.28. The van der Waals surface area contributed by atoms with Gasteiger partial charge in [0.25, 0.3) is 0 Å². The molecule has 1 amide bonds. The second kappa shape index (κ2) is 6.26. The molecule has 6 nitrogen and oxygen atoms in total. The normalized spacial score (nSPS) is 14.1. The molecule has 2 aromatic rings. The Hall–Kier alpha value is -1.89. The molecule has 0 radical (unpaired) electrons. The monoisotopic (exact) mass is 305 g/mol. The maximum absolute atomic E-state index is 11.6. The number of amides is 1. The van der Waals surface area contributed by atoms with E-state index in [0.29, 0.717) is 19.0 Å². The lowest BCUT2D eigenvalue weighted by molar-refractivity contribution is -0.122. The second-order valence-corrected chi connectivity index (χ2v) is 5.95. The molecule has 3 rings (SSSR count). The van der Waals surface area contributed by atoms with Gasteiger partial charge in [-0.25, -0.2) is 4.98 Å². The van der Waals surface area contributed by atoms with E-state index in [9.17, 15) is 4.79 Å². The molecule has 0 atom stereocenters. The quantitative estimate of drug-likeness (QED) is 0.682. The van der Waals surface area contributed by atoms with Gasteiger partial charge < -0.3 is 16.0 Å². The lowest BCUT2D eigenvalue weighted by Gasteiger charge is -2.10. The van der Waals surface area contributed by atoms with Crippen molar-refractivity contribution in [3.8, 4) is 0 Å². The number of nitrogens with zero attached hydrogens (tertiary/aromatic N) is 2. The molecule has 1 aliphatic carbocycles. The summed E-state index contributed by atoms with van der Waals surface area (Å²) in [6, 6.07) is 2.01. The van der Waals surface area contributed by atoms with E-state index in [1.165, 1.54) is 0 Å². The minimum atomic E-state index is 0.175.